The van der Waals surface area contributed by atoms with E-state index < -0.39 is 0 Å². The Hall–Kier alpha value is -0.610. The van der Waals surface area contributed by atoms with Gasteiger partial charge in [-0.05, 0) is 39.2 Å². The molecule has 1 aliphatic heterocycles. The van der Waals surface area contributed by atoms with E-state index in [-0.39, 0.29) is 11.9 Å². The Kier molecular flexibility index (Phi) is 6.42. The van der Waals surface area contributed by atoms with Gasteiger partial charge in [-0.1, -0.05) is 0 Å². The van der Waals surface area contributed by atoms with Crippen molar-refractivity contribution in [2.45, 2.75) is 26.7 Å². The first-order chi connectivity index (χ1) is 7.79. The molecule has 0 saturated carbocycles. The molecule has 1 N–H and O–H groups in total. The third-order valence-corrected chi connectivity index (χ3v) is 3.05. The number of carbonyl (C=O) groups is 1. The van der Waals surface area contributed by atoms with E-state index in [1.807, 2.05) is 13.8 Å². The number of piperidine rings is 1. The third-order valence-electron chi connectivity index (χ3n) is 3.05. The molecule has 4 nitrogen and oxygen atoms in total. The molecule has 1 heterocycles. The lowest BCUT2D eigenvalue weighted by molar-refractivity contribution is -0.150. The van der Waals surface area contributed by atoms with Gasteiger partial charge in [0.05, 0.1) is 12.5 Å². The topological polar surface area (TPSA) is 47.6 Å². The van der Waals surface area contributed by atoms with Crippen LogP contribution in [-0.4, -0.2) is 38.9 Å². The van der Waals surface area contributed by atoms with Crippen molar-refractivity contribution in [1.82, 2.24) is 5.32 Å². The van der Waals surface area contributed by atoms with Gasteiger partial charge in [-0.2, -0.15) is 0 Å². The molecule has 0 aromatic carbocycles. The van der Waals surface area contributed by atoms with E-state index in [1.165, 1.54) is 0 Å². The first kappa shape index (κ1) is 13.5. The second kappa shape index (κ2) is 7.63. The summed E-state index contributed by atoms with van der Waals surface area (Å²) in [6, 6.07) is 0. The second-order valence-electron chi connectivity index (χ2n) is 4.10. The molecule has 0 aliphatic carbocycles. The highest BCUT2D eigenvalue weighted by Crippen LogP contribution is 2.24. The summed E-state index contributed by atoms with van der Waals surface area (Å²) < 4.78 is 10.4. The number of esters is 1. The highest BCUT2D eigenvalue weighted by Gasteiger charge is 2.31. The van der Waals surface area contributed by atoms with Gasteiger partial charge in [0.2, 0.25) is 0 Å². The maximum Gasteiger partial charge on any atom is 0.310 e. The lowest BCUT2D eigenvalue weighted by atomic mass is 9.84. The normalized spacial score (nSPS) is 25.4. The molecule has 1 fully saturated rings. The standard InChI is InChI=1S/C12H23NO3/c1-3-15-8-6-10-5-7-13-9-11(10)12(14)16-4-2/h10-11,13H,3-9H2,1-2H3/t10?,11-/m1/s1. The van der Waals surface area contributed by atoms with Gasteiger partial charge in [0.15, 0.2) is 0 Å². The van der Waals surface area contributed by atoms with Crippen molar-refractivity contribution in [3.8, 4) is 0 Å². The summed E-state index contributed by atoms with van der Waals surface area (Å²) in [7, 11) is 0. The Morgan fingerprint density at radius 3 is 2.88 bits per heavy atom. The Balaban J connectivity index is 2.40. The summed E-state index contributed by atoms with van der Waals surface area (Å²) in [5, 5.41) is 3.25. The number of hydrogen-bond donors (Lipinski definition) is 1. The van der Waals surface area contributed by atoms with E-state index in [9.17, 15) is 4.79 Å². The quantitative estimate of drug-likeness (QED) is 0.549. The maximum absolute atomic E-state index is 11.7. The predicted octanol–water partition coefficient (Wildman–Crippen LogP) is 1.20. The largest absolute Gasteiger partial charge is 0.466 e. The zero-order valence-electron chi connectivity index (χ0n) is 10.3. The van der Waals surface area contributed by atoms with Crippen LogP contribution in [0.1, 0.15) is 26.7 Å². The lowest BCUT2D eigenvalue weighted by Crippen LogP contribution is -2.42. The van der Waals surface area contributed by atoms with Gasteiger partial charge in [-0.15, -0.1) is 0 Å². The van der Waals surface area contributed by atoms with Crippen LogP contribution in [0.15, 0.2) is 0 Å². The lowest BCUT2D eigenvalue weighted by Gasteiger charge is -2.30. The van der Waals surface area contributed by atoms with Crippen LogP contribution in [0.3, 0.4) is 0 Å². The highest BCUT2D eigenvalue weighted by atomic mass is 16.5. The minimum Gasteiger partial charge on any atom is -0.466 e. The van der Waals surface area contributed by atoms with Crippen LogP contribution >= 0.6 is 0 Å². The summed E-state index contributed by atoms with van der Waals surface area (Å²) in [6.45, 7) is 7.54. The Morgan fingerprint density at radius 1 is 1.38 bits per heavy atom. The van der Waals surface area contributed by atoms with E-state index in [0.717, 1.165) is 39.1 Å². The van der Waals surface area contributed by atoms with Gasteiger partial charge >= 0.3 is 5.97 Å². The Labute approximate surface area is 97.7 Å². The number of ether oxygens (including phenoxy) is 2. The fourth-order valence-corrected chi connectivity index (χ4v) is 2.16. The predicted molar refractivity (Wildman–Crippen MR) is 62.2 cm³/mol. The molecule has 0 amide bonds. The summed E-state index contributed by atoms with van der Waals surface area (Å²) in [5.74, 6) is 0.359. The van der Waals surface area contributed by atoms with Gasteiger partial charge in [-0.3, -0.25) is 4.79 Å². The van der Waals surface area contributed by atoms with Crippen molar-refractivity contribution in [3.05, 3.63) is 0 Å². The van der Waals surface area contributed by atoms with Crippen molar-refractivity contribution in [2.24, 2.45) is 11.8 Å². The van der Waals surface area contributed by atoms with Crippen molar-refractivity contribution in [2.75, 3.05) is 32.9 Å². The van der Waals surface area contributed by atoms with E-state index in [4.69, 9.17) is 9.47 Å². The number of hydrogen-bond acceptors (Lipinski definition) is 4. The zero-order valence-corrected chi connectivity index (χ0v) is 10.3. The van der Waals surface area contributed by atoms with Crippen LogP contribution in [0.2, 0.25) is 0 Å². The van der Waals surface area contributed by atoms with E-state index in [1.54, 1.807) is 0 Å². The minimum absolute atomic E-state index is 0.00848. The summed E-state index contributed by atoms with van der Waals surface area (Å²) in [4.78, 5) is 11.7. The molecular formula is C12H23NO3. The Morgan fingerprint density at radius 2 is 2.19 bits per heavy atom. The van der Waals surface area contributed by atoms with E-state index in [2.05, 4.69) is 5.32 Å². The van der Waals surface area contributed by atoms with Crippen LogP contribution in [0, 0.1) is 11.8 Å². The number of rotatable bonds is 6. The van der Waals surface area contributed by atoms with Gasteiger partial charge in [0, 0.05) is 19.8 Å². The molecule has 1 unspecified atom stereocenters. The van der Waals surface area contributed by atoms with E-state index >= 15 is 0 Å². The fraction of sp³-hybridized carbons (Fsp3) is 0.917. The number of carbonyl (C=O) groups excluding carboxylic acids is 1. The molecule has 0 spiro atoms. The van der Waals surface area contributed by atoms with Gasteiger partial charge in [0.1, 0.15) is 0 Å². The molecule has 4 heteroatoms. The summed E-state index contributed by atoms with van der Waals surface area (Å²) >= 11 is 0. The minimum atomic E-state index is -0.0591. The molecule has 0 radical (unpaired) electrons. The smallest absolute Gasteiger partial charge is 0.310 e. The van der Waals surface area contributed by atoms with Crippen LogP contribution in [-0.2, 0) is 14.3 Å². The average Bonchev–Trinajstić information content (AvgIpc) is 2.30. The van der Waals surface area contributed by atoms with Gasteiger partial charge < -0.3 is 14.8 Å². The molecule has 1 rings (SSSR count). The van der Waals surface area contributed by atoms with Crippen molar-refractivity contribution in [1.29, 1.82) is 0 Å². The zero-order chi connectivity index (χ0) is 11.8. The second-order valence-corrected chi connectivity index (χ2v) is 4.10. The van der Waals surface area contributed by atoms with Crippen molar-refractivity contribution >= 4 is 5.97 Å². The monoisotopic (exact) mass is 229 g/mol. The first-order valence-corrected chi connectivity index (χ1v) is 6.24. The van der Waals surface area contributed by atoms with Crippen LogP contribution < -0.4 is 5.32 Å². The van der Waals surface area contributed by atoms with Crippen LogP contribution in [0.5, 0.6) is 0 Å². The molecule has 16 heavy (non-hydrogen) atoms. The molecule has 1 aliphatic rings. The van der Waals surface area contributed by atoms with Crippen LogP contribution in [0.4, 0.5) is 0 Å². The molecule has 94 valence electrons. The van der Waals surface area contributed by atoms with Gasteiger partial charge in [0.25, 0.3) is 0 Å². The average molecular weight is 229 g/mol. The maximum atomic E-state index is 11.7. The van der Waals surface area contributed by atoms with Crippen LogP contribution in [0.25, 0.3) is 0 Å². The SMILES string of the molecule is CCOCCC1CCNC[C@H]1C(=O)OCC. The van der Waals surface area contributed by atoms with E-state index in [0.29, 0.717) is 12.5 Å². The van der Waals surface area contributed by atoms with Crippen molar-refractivity contribution in [3.63, 3.8) is 0 Å². The first-order valence-electron chi connectivity index (χ1n) is 6.24. The molecule has 0 aromatic rings. The molecular weight excluding hydrogens is 206 g/mol. The molecule has 2 atom stereocenters. The fourth-order valence-electron chi connectivity index (χ4n) is 2.16. The third kappa shape index (κ3) is 4.10. The van der Waals surface area contributed by atoms with Crippen molar-refractivity contribution < 1.29 is 14.3 Å². The highest BCUT2D eigenvalue weighted by molar-refractivity contribution is 5.73. The summed E-state index contributed by atoms with van der Waals surface area (Å²) in [5.41, 5.74) is 0. The molecule has 0 aromatic heterocycles. The van der Waals surface area contributed by atoms with Gasteiger partial charge in [-0.25, -0.2) is 0 Å². The summed E-state index contributed by atoms with van der Waals surface area (Å²) in [6.07, 6.45) is 2.00. The Bertz CT molecular complexity index is 208. The number of nitrogens with one attached hydrogen (secondary N) is 1. The molecule has 0 bridgehead atoms. The molecule has 1 saturated heterocycles.